The van der Waals surface area contributed by atoms with Gasteiger partial charge >= 0.3 is 6.09 Å². The number of fused-ring (bicyclic) bond motifs is 2. The summed E-state index contributed by atoms with van der Waals surface area (Å²) in [5.74, 6) is 1.28. The van der Waals surface area contributed by atoms with Crippen LogP contribution in [0.25, 0.3) is 22.3 Å². The van der Waals surface area contributed by atoms with E-state index in [1.165, 1.54) is 35.9 Å². The van der Waals surface area contributed by atoms with Crippen molar-refractivity contribution in [2.75, 3.05) is 20.2 Å². The van der Waals surface area contributed by atoms with E-state index in [-0.39, 0.29) is 35.6 Å². The SMILES string of the molecule is COC(=O)N[C@H](C(=O)N1CCC[C@H]1C1=NC=C(c2ccc(-c3ccc(C4=CN=C([C@H]5C6CCC(C6)[C@@H]5C(=O)NCCc5ccncc5)C4)cc3)cc2)C1)C(C)C. The molecule has 290 valence electrons. The number of aliphatic imine (C=N–C) groups is 2. The Balaban J connectivity index is 0.853. The number of carbonyl (C=O) groups is 3. The zero-order chi connectivity index (χ0) is 38.8. The summed E-state index contributed by atoms with van der Waals surface area (Å²) in [5.41, 5.74) is 10.3. The third kappa shape index (κ3) is 7.71. The fourth-order valence-corrected chi connectivity index (χ4v) is 9.81. The molecule has 2 unspecified atom stereocenters. The Morgan fingerprint density at radius 1 is 0.804 bits per heavy atom. The van der Waals surface area contributed by atoms with Gasteiger partial charge in [0.1, 0.15) is 6.04 Å². The van der Waals surface area contributed by atoms with Gasteiger partial charge in [-0.3, -0.25) is 24.6 Å². The van der Waals surface area contributed by atoms with Gasteiger partial charge in [0.05, 0.1) is 13.2 Å². The van der Waals surface area contributed by atoms with Crippen LogP contribution in [0.15, 0.2) is 95.4 Å². The highest BCUT2D eigenvalue weighted by molar-refractivity contribution is 6.04. The standard InChI is InChI=1S/C46H52N6O4/c1-28(2)43(51-46(55)56-3)45(54)52-22-4-5-40(52)38-24-36(26-49-38)32-10-6-30(7-11-32)31-8-12-33(13-9-31)37-25-39(50-27-37)41-34-14-15-35(23-34)42(41)44(53)48-21-18-29-16-19-47-20-17-29/h6-13,16-17,19-20,26-28,34-35,40-43H,4-5,14-15,18,21-25H2,1-3H3,(H,48,53)(H,51,55)/t34?,35?,40-,41+,42-,43-/m0/s1. The topological polar surface area (TPSA) is 125 Å². The second-order valence-electron chi connectivity index (χ2n) is 16.4. The monoisotopic (exact) mass is 752 g/mol. The van der Waals surface area contributed by atoms with Crippen molar-refractivity contribution in [2.45, 2.75) is 77.3 Å². The number of nitrogens with zero attached hydrogens (tertiary/aromatic N) is 4. The highest BCUT2D eigenvalue weighted by Crippen LogP contribution is 2.54. The summed E-state index contributed by atoms with van der Waals surface area (Å²) in [6.07, 6.45) is 14.5. The summed E-state index contributed by atoms with van der Waals surface area (Å²) in [6.45, 7) is 5.15. The molecule has 4 heterocycles. The molecule has 10 nitrogen and oxygen atoms in total. The van der Waals surface area contributed by atoms with E-state index in [0.29, 0.717) is 31.3 Å². The quantitative estimate of drug-likeness (QED) is 0.198. The Morgan fingerprint density at radius 2 is 1.41 bits per heavy atom. The first-order chi connectivity index (χ1) is 27.3. The molecule has 0 radical (unpaired) electrons. The van der Waals surface area contributed by atoms with E-state index in [0.717, 1.165) is 66.5 Å². The minimum absolute atomic E-state index is 0.0158. The van der Waals surface area contributed by atoms with Crippen molar-refractivity contribution in [3.8, 4) is 11.1 Å². The van der Waals surface area contributed by atoms with Crippen LogP contribution in [0.4, 0.5) is 4.79 Å². The van der Waals surface area contributed by atoms with Gasteiger partial charge in [0, 0.05) is 74.0 Å². The number of aromatic nitrogens is 1. The van der Waals surface area contributed by atoms with Crippen LogP contribution in [0.3, 0.4) is 0 Å². The van der Waals surface area contributed by atoms with Crippen molar-refractivity contribution in [3.05, 3.63) is 102 Å². The highest BCUT2D eigenvalue weighted by atomic mass is 16.5. The molecular weight excluding hydrogens is 701 g/mol. The van der Waals surface area contributed by atoms with Crippen LogP contribution in [0, 0.1) is 29.6 Å². The molecule has 0 spiro atoms. The predicted octanol–water partition coefficient (Wildman–Crippen LogP) is 7.51. The summed E-state index contributed by atoms with van der Waals surface area (Å²) in [7, 11) is 1.31. The molecule has 2 aromatic carbocycles. The number of methoxy groups -OCH3 is 1. The average molecular weight is 753 g/mol. The Morgan fingerprint density at radius 3 is 2.05 bits per heavy atom. The predicted molar refractivity (Wildman–Crippen MR) is 220 cm³/mol. The normalized spacial score (nSPS) is 24.4. The molecule has 2 aliphatic carbocycles. The number of likely N-dealkylation sites (tertiary alicyclic amines) is 1. The summed E-state index contributed by atoms with van der Waals surface area (Å²) in [6, 6.07) is 20.7. The lowest BCUT2D eigenvalue weighted by Gasteiger charge is -2.31. The molecule has 2 N–H and O–H groups in total. The van der Waals surface area contributed by atoms with Crippen molar-refractivity contribution < 1.29 is 19.1 Å². The first-order valence-electron chi connectivity index (χ1n) is 20.3. The Bertz CT molecular complexity index is 2070. The second kappa shape index (κ2) is 16.4. The number of hydrogen-bond donors (Lipinski definition) is 2. The number of rotatable bonds is 12. The fourth-order valence-electron chi connectivity index (χ4n) is 9.81. The minimum Gasteiger partial charge on any atom is -0.453 e. The van der Waals surface area contributed by atoms with E-state index in [4.69, 9.17) is 14.7 Å². The first-order valence-corrected chi connectivity index (χ1v) is 20.3. The number of ether oxygens (including phenoxy) is 1. The lowest BCUT2D eigenvalue weighted by atomic mass is 9.75. The van der Waals surface area contributed by atoms with E-state index < -0.39 is 12.1 Å². The van der Waals surface area contributed by atoms with E-state index >= 15 is 0 Å². The number of alkyl carbamates (subject to hydrolysis) is 1. The van der Waals surface area contributed by atoms with Crippen LogP contribution in [-0.2, 0) is 20.7 Å². The van der Waals surface area contributed by atoms with Gasteiger partial charge in [0.15, 0.2) is 0 Å². The molecule has 10 heteroatoms. The van der Waals surface area contributed by atoms with Gasteiger partial charge < -0.3 is 20.3 Å². The molecule has 2 saturated carbocycles. The highest BCUT2D eigenvalue weighted by Gasteiger charge is 2.52. The number of amides is 3. The average Bonchev–Trinajstić information content (AvgIpc) is 4.09. The third-order valence-electron chi connectivity index (χ3n) is 12.7. The number of carbonyl (C=O) groups excluding carboxylic acids is 3. The van der Waals surface area contributed by atoms with E-state index in [9.17, 15) is 14.4 Å². The molecule has 3 aromatic rings. The first kappa shape index (κ1) is 37.5. The molecule has 3 fully saturated rings. The molecule has 5 aliphatic rings. The maximum absolute atomic E-state index is 13.6. The lowest BCUT2D eigenvalue weighted by Crippen LogP contribution is -2.53. The van der Waals surface area contributed by atoms with Crippen LogP contribution in [0.2, 0.25) is 0 Å². The molecule has 2 bridgehead atoms. The lowest BCUT2D eigenvalue weighted by molar-refractivity contribution is -0.134. The van der Waals surface area contributed by atoms with Crippen molar-refractivity contribution >= 4 is 40.5 Å². The smallest absolute Gasteiger partial charge is 0.407 e. The van der Waals surface area contributed by atoms with Gasteiger partial charge in [-0.25, -0.2) is 4.79 Å². The Labute approximate surface area is 329 Å². The van der Waals surface area contributed by atoms with Gasteiger partial charge in [0.2, 0.25) is 11.8 Å². The molecule has 56 heavy (non-hydrogen) atoms. The maximum Gasteiger partial charge on any atom is 0.407 e. The zero-order valence-electron chi connectivity index (χ0n) is 32.6. The Kier molecular flexibility index (Phi) is 11.0. The van der Waals surface area contributed by atoms with E-state index in [1.807, 2.05) is 43.3 Å². The molecular formula is C46H52N6O4. The van der Waals surface area contributed by atoms with Crippen LogP contribution in [0.1, 0.15) is 75.5 Å². The van der Waals surface area contributed by atoms with Gasteiger partial charge in [-0.2, -0.15) is 0 Å². The summed E-state index contributed by atoms with van der Waals surface area (Å²) in [5, 5.41) is 5.99. The zero-order valence-corrected chi connectivity index (χ0v) is 32.6. The third-order valence-corrected chi connectivity index (χ3v) is 12.7. The maximum atomic E-state index is 13.6. The van der Waals surface area contributed by atoms with Crippen molar-refractivity contribution in [3.63, 3.8) is 0 Å². The molecule has 8 rings (SSSR count). The van der Waals surface area contributed by atoms with E-state index in [1.54, 1.807) is 12.4 Å². The molecule has 6 atom stereocenters. The fraction of sp³-hybridized carbons (Fsp3) is 0.435. The largest absolute Gasteiger partial charge is 0.453 e. The Hall–Kier alpha value is -5.38. The number of allylic oxidation sites excluding steroid dienone is 2. The summed E-state index contributed by atoms with van der Waals surface area (Å²) in [4.78, 5) is 54.9. The van der Waals surface area contributed by atoms with Crippen LogP contribution < -0.4 is 10.6 Å². The van der Waals surface area contributed by atoms with Gasteiger partial charge in [-0.05, 0) is 107 Å². The van der Waals surface area contributed by atoms with Crippen molar-refractivity contribution in [2.24, 2.45) is 39.6 Å². The van der Waals surface area contributed by atoms with Gasteiger partial charge in [-0.1, -0.05) is 62.4 Å². The van der Waals surface area contributed by atoms with Crippen LogP contribution >= 0.6 is 0 Å². The number of hydrogen-bond acceptors (Lipinski definition) is 7. The van der Waals surface area contributed by atoms with Gasteiger partial charge in [-0.15, -0.1) is 0 Å². The van der Waals surface area contributed by atoms with Crippen molar-refractivity contribution in [1.82, 2.24) is 20.5 Å². The molecule has 1 saturated heterocycles. The van der Waals surface area contributed by atoms with Gasteiger partial charge in [0.25, 0.3) is 0 Å². The molecule has 1 aromatic heterocycles. The number of benzene rings is 2. The second-order valence-corrected chi connectivity index (χ2v) is 16.4. The van der Waals surface area contributed by atoms with Crippen LogP contribution in [-0.4, -0.2) is 71.5 Å². The van der Waals surface area contributed by atoms with Crippen LogP contribution in [0.5, 0.6) is 0 Å². The molecule has 3 amide bonds. The van der Waals surface area contributed by atoms with Crippen molar-refractivity contribution in [1.29, 1.82) is 0 Å². The number of nitrogens with one attached hydrogen (secondary N) is 2. The summed E-state index contributed by atoms with van der Waals surface area (Å²) >= 11 is 0. The minimum atomic E-state index is -0.645. The molecule has 3 aliphatic heterocycles. The van der Waals surface area contributed by atoms with E-state index in [2.05, 4.69) is 64.1 Å². The number of pyridine rings is 1. The summed E-state index contributed by atoms with van der Waals surface area (Å²) < 4.78 is 4.78.